The lowest BCUT2D eigenvalue weighted by Crippen LogP contribution is -2.11. The van der Waals surface area contributed by atoms with E-state index in [2.05, 4.69) is 0 Å². The van der Waals surface area contributed by atoms with Crippen LogP contribution in [0.5, 0.6) is 11.6 Å². The van der Waals surface area contributed by atoms with E-state index in [4.69, 9.17) is 30.4 Å². The molecule has 1 N–H and O–H groups in total. The van der Waals surface area contributed by atoms with Crippen molar-refractivity contribution in [2.24, 2.45) is 0 Å². The number of rotatable bonds is 11. The Balaban J connectivity index is 1.47. The molecule has 200 valence electrons. The van der Waals surface area contributed by atoms with E-state index >= 15 is 0 Å². The first kappa shape index (κ1) is 27.4. The van der Waals surface area contributed by atoms with E-state index in [0.29, 0.717) is 40.7 Å². The molecular formula is C28H29ClFN2O4PS. The van der Waals surface area contributed by atoms with Gasteiger partial charge in [0.15, 0.2) is 12.3 Å². The average Bonchev–Trinajstić information content (AvgIpc) is 3.66. The molecule has 2 heterocycles. The molecule has 0 radical (unpaired) electrons. The summed E-state index contributed by atoms with van der Waals surface area (Å²) in [6, 6.07) is 17.0. The summed E-state index contributed by atoms with van der Waals surface area (Å²) in [6.45, 7) is 7.07. The van der Waals surface area contributed by atoms with Gasteiger partial charge in [0.1, 0.15) is 5.75 Å². The first-order chi connectivity index (χ1) is 18.4. The number of halogens is 2. The van der Waals surface area contributed by atoms with Gasteiger partial charge in [-0.25, -0.2) is 8.96 Å². The summed E-state index contributed by atoms with van der Waals surface area (Å²) >= 11 is 6.65. The maximum absolute atomic E-state index is 14.1. The number of fused-ring (bicyclic) bond motifs is 1. The molecule has 0 saturated heterocycles. The summed E-state index contributed by atoms with van der Waals surface area (Å²) < 4.78 is 33.3. The number of aliphatic hydroxyl groups is 1. The van der Waals surface area contributed by atoms with Crippen LogP contribution in [0.4, 0.5) is 3.89 Å². The Labute approximate surface area is 232 Å². The first-order valence-corrected chi connectivity index (χ1v) is 14.7. The van der Waals surface area contributed by atoms with Crippen LogP contribution in [0, 0.1) is 6.92 Å². The normalized spacial score (nSPS) is 14.4. The summed E-state index contributed by atoms with van der Waals surface area (Å²) in [7, 11) is -1.25. The highest BCUT2D eigenvalue weighted by Gasteiger charge is 2.43. The van der Waals surface area contributed by atoms with Gasteiger partial charge in [0.05, 0.1) is 41.6 Å². The molecule has 6 nitrogen and oxygen atoms in total. The van der Waals surface area contributed by atoms with Crippen LogP contribution in [0.3, 0.4) is 0 Å². The number of hydrogen-bond acceptors (Lipinski definition) is 6. The maximum Gasteiger partial charge on any atom is 0.214 e. The van der Waals surface area contributed by atoms with Crippen LogP contribution in [0.15, 0.2) is 54.6 Å². The standard InChI is InChI=1S/C28H29ClFN2O4PS/c1-4-34-37(35-5-2)25-14-21(11-6-18(25)3)36-26-16-23-24(32(26)38-30)15-22(29)27(31-23)19-7-9-20(10-8-19)28(17-33)12-13-28/h6-11,14-16,33H,4-5,12-13,17H2,1-3H3. The zero-order valence-electron chi connectivity index (χ0n) is 21.4. The van der Waals surface area contributed by atoms with E-state index in [-0.39, 0.29) is 30.2 Å². The van der Waals surface area contributed by atoms with Crippen molar-refractivity contribution in [3.8, 4) is 22.9 Å². The second kappa shape index (κ2) is 11.5. The molecule has 38 heavy (non-hydrogen) atoms. The van der Waals surface area contributed by atoms with E-state index in [1.807, 2.05) is 63.2 Å². The molecule has 0 spiro atoms. The van der Waals surface area contributed by atoms with E-state index in [0.717, 1.165) is 34.8 Å². The number of aliphatic hydroxyl groups excluding tert-OH is 1. The van der Waals surface area contributed by atoms with Gasteiger partial charge in [-0.3, -0.25) is 0 Å². The molecule has 1 aliphatic carbocycles. The molecule has 0 bridgehead atoms. The number of aromatic nitrogens is 2. The summed E-state index contributed by atoms with van der Waals surface area (Å²) in [6.07, 6.45) is 1.98. The number of nitrogens with zero attached hydrogens (tertiary/aromatic N) is 2. The monoisotopic (exact) mass is 574 g/mol. The minimum Gasteiger partial charge on any atom is -0.440 e. The van der Waals surface area contributed by atoms with Crippen molar-refractivity contribution in [3.05, 3.63) is 70.7 Å². The van der Waals surface area contributed by atoms with Gasteiger partial charge < -0.3 is 18.9 Å². The SMILES string of the molecule is CCOP(OCC)c1cc(Oc2cc3nc(-c4ccc(C5(CO)CC5)cc4)c(Cl)cc3n2SF)ccc1C. The third-order valence-corrected chi connectivity index (χ3v) is 9.42. The number of aryl methyl sites for hydroxylation is 1. The molecule has 0 aliphatic heterocycles. The molecule has 10 heteroatoms. The van der Waals surface area contributed by atoms with Crippen LogP contribution in [-0.2, 0) is 14.5 Å². The Kier molecular flexibility index (Phi) is 8.29. The highest BCUT2D eigenvalue weighted by molar-refractivity contribution is 7.93. The highest BCUT2D eigenvalue weighted by atomic mass is 35.5. The van der Waals surface area contributed by atoms with Crippen LogP contribution in [0.2, 0.25) is 5.02 Å². The van der Waals surface area contributed by atoms with Crippen LogP contribution >= 0.6 is 32.3 Å². The largest absolute Gasteiger partial charge is 0.440 e. The fourth-order valence-electron chi connectivity index (χ4n) is 4.45. The van der Waals surface area contributed by atoms with Gasteiger partial charge in [0.2, 0.25) is 14.3 Å². The van der Waals surface area contributed by atoms with E-state index in [9.17, 15) is 8.99 Å². The van der Waals surface area contributed by atoms with Crippen molar-refractivity contribution < 1.29 is 22.8 Å². The van der Waals surface area contributed by atoms with Crippen molar-refractivity contribution in [1.29, 1.82) is 0 Å². The lowest BCUT2D eigenvalue weighted by Gasteiger charge is -2.18. The molecule has 1 saturated carbocycles. The second-order valence-corrected chi connectivity index (χ2v) is 11.7. The highest BCUT2D eigenvalue weighted by Crippen LogP contribution is 2.48. The topological polar surface area (TPSA) is 65.7 Å². The molecule has 2 aromatic carbocycles. The van der Waals surface area contributed by atoms with Crippen LogP contribution in [-0.4, -0.2) is 33.9 Å². The van der Waals surface area contributed by atoms with Gasteiger partial charge in [0.25, 0.3) is 0 Å². The fraction of sp³-hybridized carbons (Fsp3) is 0.321. The van der Waals surface area contributed by atoms with Gasteiger partial charge >= 0.3 is 0 Å². The van der Waals surface area contributed by atoms with Gasteiger partial charge in [0, 0.05) is 22.3 Å². The predicted octanol–water partition coefficient (Wildman–Crippen LogP) is 7.87. The molecule has 0 atom stereocenters. The number of pyridine rings is 1. The van der Waals surface area contributed by atoms with Gasteiger partial charge in [-0.05, 0) is 62.9 Å². The summed E-state index contributed by atoms with van der Waals surface area (Å²) in [5.41, 5.74) is 4.55. The molecule has 1 aliphatic rings. The minimum absolute atomic E-state index is 0.0292. The number of benzene rings is 2. The zero-order chi connectivity index (χ0) is 26.9. The molecule has 1 fully saturated rings. The zero-order valence-corrected chi connectivity index (χ0v) is 23.9. The second-order valence-electron chi connectivity index (χ2n) is 9.23. The molecule has 0 unspecified atom stereocenters. The summed E-state index contributed by atoms with van der Waals surface area (Å²) in [5.74, 6) is 0.824. The summed E-state index contributed by atoms with van der Waals surface area (Å²) in [5, 5.41) is 11.1. The fourth-order valence-corrected chi connectivity index (χ4v) is 6.50. The van der Waals surface area contributed by atoms with Crippen molar-refractivity contribution in [2.45, 2.75) is 39.0 Å². The molecule has 4 aromatic rings. The summed E-state index contributed by atoms with van der Waals surface area (Å²) in [4.78, 5) is 4.75. The third-order valence-electron chi connectivity index (χ3n) is 6.75. The molecular weight excluding hydrogens is 546 g/mol. The van der Waals surface area contributed by atoms with Crippen LogP contribution in [0.25, 0.3) is 22.3 Å². The smallest absolute Gasteiger partial charge is 0.214 e. The van der Waals surface area contributed by atoms with Gasteiger partial charge in [-0.2, -0.15) is 0 Å². The Hall–Kier alpha value is -2.19. The molecule has 2 aromatic heterocycles. The average molecular weight is 575 g/mol. The van der Waals surface area contributed by atoms with Gasteiger partial charge in [-0.1, -0.05) is 41.9 Å². The first-order valence-electron chi connectivity index (χ1n) is 12.5. The van der Waals surface area contributed by atoms with Gasteiger partial charge in [-0.15, -0.1) is 3.89 Å². The van der Waals surface area contributed by atoms with Crippen molar-refractivity contribution in [1.82, 2.24) is 8.96 Å². The van der Waals surface area contributed by atoms with Crippen molar-refractivity contribution >= 4 is 48.6 Å². The molecule has 0 amide bonds. The quantitative estimate of drug-likeness (QED) is 0.184. The van der Waals surface area contributed by atoms with E-state index in [1.165, 1.54) is 3.97 Å². The third kappa shape index (κ3) is 5.31. The molecule has 5 rings (SSSR count). The predicted molar refractivity (Wildman–Crippen MR) is 153 cm³/mol. The van der Waals surface area contributed by atoms with E-state index in [1.54, 1.807) is 12.1 Å². The maximum atomic E-state index is 14.1. The Morgan fingerprint density at radius 1 is 1.08 bits per heavy atom. The lowest BCUT2D eigenvalue weighted by atomic mass is 9.95. The van der Waals surface area contributed by atoms with Crippen molar-refractivity contribution in [3.63, 3.8) is 0 Å². The van der Waals surface area contributed by atoms with E-state index < -0.39 is 8.38 Å². The number of ether oxygens (including phenoxy) is 1. The van der Waals surface area contributed by atoms with Crippen LogP contribution < -0.4 is 10.0 Å². The number of hydrogen-bond donors (Lipinski definition) is 1. The minimum atomic E-state index is -1.25. The Bertz CT molecular complexity index is 1440. The Morgan fingerprint density at radius 2 is 1.79 bits per heavy atom. The Morgan fingerprint density at radius 3 is 2.39 bits per heavy atom. The van der Waals surface area contributed by atoms with Crippen molar-refractivity contribution in [2.75, 3.05) is 19.8 Å². The lowest BCUT2D eigenvalue weighted by molar-refractivity contribution is 0.255. The van der Waals surface area contributed by atoms with Crippen LogP contribution in [0.1, 0.15) is 37.8 Å².